The van der Waals surface area contributed by atoms with Crippen LogP contribution in [0.2, 0.25) is 0 Å². The smallest absolute Gasteiger partial charge is 0.161 e. The second-order valence-electron chi connectivity index (χ2n) is 6.24. The number of ether oxygens (including phenoxy) is 2. The summed E-state index contributed by atoms with van der Waals surface area (Å²) in [6, 6.07) is 6.21. The van der Waals surface area contributed by atoms with E-state index in [4.69, 9.17) is 9.47 Å². The Morgan fingerprint density at radius 2 is 1.90 bits per heavy atom. The van der Waals surface area contributed by atoms with Gasteiger partial charge in [-0.3, -0.25) is 4.21 Å². The van der Waals surface area contributed by atoms with Gasteiger partial charge < -0.3 is 14.8 Å². The molecular formula is C16H25NO3S. The van der Waals surface area contributed by atoms with E-state index in [-0.39, 0.29) is 10.8 Å². The van der Waals surface area contributed by atoms with Crippen molar-refractivity contribution in [1.29, 1.82) is 0 Å². The van der Waals surface area contributed by atoms with Gasteiger partial charge in [-0.25, -0.2) is 0 Å². The number of hydrogen-bond donors (Lipinski definition) is 1. The summed E-state index contributed by atoms with van der Waals surface area (Å²) < 4.78 is 23.0. The summed E-state index contributed by atoms with van der Waals surface area (Å²) in [6.45, 7) is 10.1. The SMILES string of the molecule is C[C@@H](NCC[S@](=O)C(C)(C)C)c1ccc2c(c1)OCCO2. The topological polar surface area (TPSA) is 47.6 Å². The van der Waals surface area contributed by atoms with Gasteiger partial charge in [0.15, 0.2) is 11.5 Å². The Kier molecular flexibility index (Phi) is 5.27. The van der Waals surface area contributed by atoms with Crippen molar-refractivity contribution in [3.63, 3.8) is 0 Å². The Morgan fingerprint density at radius 1 is 1.24 bits per heavy atom. The summed E-state index contributed by atoms with van der Waals surface area (Å²) in [7, 11) is -0.819. The largest absolute Gasteiger partial charge is 0.486 e. The molecule has 1 aliphatic rings. The maximum absolute atomic E-state index is 12.0. The van der Waals surface area contributed by atoms with E-state index in [9.17, 15) is 4.21 Å². The highest BCUT2D eigenvalue weighted by atomic mass is 32.2. The van der Waals surface area contributed by atoms with Gasteiger partial charge in [0.2, 0.25) is 0 Å². The van der Waals surface area contributed by atoms with E-state index in [2.05, 4.69) is 12.2 Å². The molecular weight excluding hydrogens is 286 g/mol. The van der Waals surface area contributed by atoms with E-state index < -0.39 is 10.8 Å². The summed E-state index contributed by atoms with van der Waals surface area (Å²) in [5.41, 5.74) is 1.15. The highest BCUT2D eigenvalue weighted by molar-refractivity contribution is 7.86. The number of hydrogen-bond acceptors (Lipinski definition) is 4. The van der Waals surface area contributed by atoms with Crippen molar-refractivity contribution in [3.8, 4) is 11.5 Å². The Hall–Kier alpha value is -1.07. The van der Waals surface area contributed by atoms with Crippen molar-refractivity contribution in [2.75, 3.05) is 25.5 Å². The molecule has 4 nitrogen and oxygen atoms in total. The van der Waals surface area contributed by atoms with E-state index >= 15 is 0 Å². The first kappa shape index (κ1) is 16.3. The highest BCUT2D eigenvalue weighted by Crippen LogP contribution is 2.32. The van der Waals surface area contributed by atoms with Gasteiger partial charge in [0.1, 0.15) is 13.2 Å². The highest BCUT2D eigenvalue weighted by Gasteiger charge is 2.19. The zero-order valence-electron chi connectivity index (χ0n) is 13.3. The van der Waals surface area contributed by atoms with Crippen molar-refractivity contribution >= 4 is 10.8 Å². The molecule has 0 amide bonds. The van der Waals surface area contributed by atoms with E-state index in [0.29, 0.717) is 19.0 Å². The molecule has 1 heterocycles. The van der Waals surface area contributed by atoms with Gasteiger partial charge in [0, 0.05) is 33.9 Å². The summed E-state index contributed by atoms with van der Waals surface area (Å²) in [4.78, 5) is 0. The van der Waals surface area contributed by atoms with Crippen molar-refractivity contribution in [2.45, 2.75) is 38.5 Å². The minimum absolute atomic E-state index is 0.151. The van der Waals surface area contributed by atoms with Gasteiger partial charge >= 0.3 is 0 Å². The molecule has 1 aromatic rings. The molecule has 2 rings (SSSR count). The number of nitrogens with one attached hydrogen (secondary N) is 1. The minimum atomic E-state index is -0.819. The number of fused-ring (bicyclic) bond motifs is 1. The molecule has 1 aliphatic heterocycles. The van der Waals surface area contributed by atoms with Crippen LogP contribution in [0.3, 0.4) is 0 Å². The van der Waals surface area contributed by atoms with Crippen LogP contribution >= 0.6 is 0 Å². The third-order valence-corrected chi connectivity index (χ3v) is 5.43. The Morgan fingerprint density at radius 3 is 2.57 bits per heavy atom. The zero-order valence-corrected chi connectivity index (χ0v) is 14.1. The fraction of sp³-hybridized carbons (Fsp3) is 0.625. The lowest BCUT2D eigenvalue weighted by atomic mass is 10.1. The van der Waals surface area contributed by atoms with Gasteiger partial charge in [-0.15, -0.1) is 0 Å². The predicted octanol–water partition coefficient (Wildman–Crippen LogP) is 2.66. The van der Waals surface area contributed by atoms with Crippen LogP contribution in [0.15, 0.2) is 18.2 Å². The lowest BCUT2D eigenvalue weighted by Crippen LogP contribution is -2.30. The van der Waals surface area contributed by atoms with Gasteiger partial charge in [-0.2, -0.15) is 0 Å². The van der Waals surface area contributed by atoms with Gasteiger partial charge in [-0.05, 0) is 45.4 Å². The minimum Gasteiger partial charge on any atom is -0.486 e. The maximum atomic E-state index is 12.0. The van der Waals surface area contributed by atoms with E-state index in [1.54, 1.807) is 0 Å². The molecule has 0 saturated carbocycles. The molecule has 0 bridgehead atoms. The monoisotopic (exact) mass is 311 g/mol. The molecule has 0 unspecified atom stereocenters. The van der Waals surface area contributed by atoms with Crippen LogP contribution in [0.4, 0.5) is 0 Å². The van der Waals surface area contributed by atoms with Crippen molar-refractivity contribution in [3.05, 3.63) is 23.8 Å². The first-order valence-corrected chi connectivity index (χ1v) is 8.71. The fourth-order valence-electron chi connectivity index (χ4n) is 2.12. The van der Waals surface area contributed by atoms with Crippen molar-refractivity contribution in [2.24, 2.45) is 0 Å². The Bertz CT molecular complexity index is 511. The van der Waals surface area contributed by atoms with Crippen molar-refractivity contribution < 1.29 is 13.7 Å². The maximum Gasteiger partial charge on any atom is 0.161 e. The first-order valence-electron chi connectivity index (χ1n) is 7.39. The van der Waals surface area contributed by atoms with E-state index in [0.717, 1.165) is 23.6 Å². The second-order valence-corrected chi connectivity index (χ2v) is 8.56. The van der Waals surface area contributed by atoms with Crippen LogP contribution in [-0.4, -0.2) is 34.5 Å². The predicted molar refractivity (Wildman–Crippen MR) is 86.6 cm³/mol. The van der Waals surface area contributed by atoms with Crippen LogP contribution < -0.4 is 14.8 Å². The van der Waals surface area contributed by atoms with Crippen LogP contribution in [0.25, 0.3) is 0 Å². The molecule has 0 saturated heterocycles. The quantitative estimate of drug-likeness (QED) is 0.908. The lowest BCUT2D eigenvalue weighted by molar-refractivity contribution is 0.171. The molecule has 1 aromatic carbocycles. The average molecular weight is 311 g/mol. The lowest BCUT2D eigenvalue weighted by Gasteiger charge is -2.22. The van der Waals surface area contributed by atoms with Crippen molar-refractivity contribution in [1.82, 2.24) is 5.32 Å². The molecule has 2 atom stereocenters. The zero-order chi connectivity index (χ0) is 15.5. The third-order valence-electron chi connectivity index (χ3n) is 3.49. The van der Waals surface area contributed by atoms with Gasteiger partial charge in [0.05, 0.1) is 0 Å². The molecule has 118 valence electrons. The van der Waals surface area contributed by atoms with E-state index in [1.807, 2.05) is 39.0 Å². The number of rotatable bonds is 5. The second kappa shape index (κ2) is 6.79. The summed E-state index contributed by atoms with van der Waals surface area (Å²) in [5, 5.41) is 3.42. The summed E-state index contributed by atoms with van der Waals surface area (Å²) in [5.74, 6) is 2.29. The van der Waals surface area contributed by atoms with Crippen LogP contribution in [0, 0.1) is 0 Å². The molecule has 0 radical (unpaired) electrons. The third kappa shape index (κ3) is 4.45. The van der Waals surface area contributed by atoms with E-state index in [1.165, 1.54) is 0 Å². The Balaban J connectivity index is 1.89. The van der Waals surface area contributed by atoms with Crippen LogP contribution in [0.1, 0.15) is 39.3 Å². The molecule has 1 N–H and O–H groups in total. The molecule has 5 heteroatoms. The molecule has 0 fully saturated rings. The fourth-order valence-corrected chi connectivity index (χ4v) is 3.04. The first-order chi connectivity index (χ1) is 9.88. The standard InChI is InChI=1S/C16H25NO3S/c1-12(17-7-10-21(18)16(2,3)4)13-5-6-14-15(11-13)20-9-8-19-14/h5-6,11-12,17H,7-10H2,1-4H3/t12-,21+/m1/s1. The average Bonchev–Trinajstić information content (AvgIpc) is 2.45. The van der Waals surface area contributed by atoms with Gasteiger partial charge in [-0.1, -0.05) is 6.07 Å². The van der Waals surface area contributed by atoms with Crippen LogP contribution in [0.5, 0.6) is 11.5 Å². The number of benzene rings is 1. The van der Waals surface area contributed by atoms with Gasteiger partial charge in [0.25, 0.3) is 0 Å². The molecule has 21 heavy (non-hydrogen) atoms. The normalized spacial score (nSPS) is 17.3. The molecule has 0 aliphatic carbocycles. The molecule has 0 aromatic heterocycles. The summed E-state index contributed by atoms with van der Waals surface area (Å²) in [6.07, 6.45) is 0. The van der Waals surface area contributed by atoms with Crippen LogP contribution in [-0.2, 0) is 10.8 Å². The summed E-state index contributed by atoms with van der Waals surface area (Å²) >= 11 is 0. The molecule has 0 spiro atoms. The Labute approximate surface area is 129 Å².